The van der Waals surface area contributed by atoms with Crippen LogP contribution in [0.4, 0.5) is 22.8 Å². The quantitative estimate of drug-likeness (QED) is 0.155. The summed E-state index contributed by atoms with van der Waals surface area (Å²) in [5.41, 5.74) is -3.32. The molecule has 0 atom stereocenters. The molecular formula is C33H43F3N2O11S. The lowest BCUT2D eigenvalue weighted by molar-refractivity contribution is -0.0500. The maximum Gasteiger partial charge on any atom is 0.534 e. The third kappa shape index (κ3) is 10.3. The van der Waals surface area contributed by atoms with E-state index in [0.29, 0.717) is 54.9 Å². The van der Waals surface area contributed by atoms with Crippen LogP contribution in [0.2, 0.25) is 0 Å². The molecule has 2 heterocycles. The first-order valence-electron chi connectivity index (χ1n) is 15.4. The maximum absolute atomic E-state index is 12.6. The number of esters is 1. The minimum absolute atomic E-state index is 0.0384. The van der Waals surface area contributed by atoms with Gasteiger partial charge in [-0.25, -0.2) is 14.4 Å². The Kier molecular flexibility index (Phi) is 12.2. The number of hydrogen-bond donors (Lipinski definition) is 0. The Morgan fingerprint density at radius 3 is 1.48 bits per heavy atom. The van der Waals surface area contributed by atoms with Crippen LogP contribution in [0.3, 0.4) is 0 Å². The van der Waals surface area contributed by atoms with E-state index in [9.17, 15) is 36.0 Å². The van der Waals surface area contributed by atoms with E-state index in [1.54, 1.807) is 31.7 Å². The number of hydrogen-bond acceptors (Lipinski definition) is 11. The second-order valence-electron chi connectivity index (χ2n) is 13.4. The molecule has 2 aliphatic rings. The van der Waals surface area contributed by atoms with Crippen molar-refractivity contribution in [2.45, 2.75) is 84.2 Å². The van der Waals surface area contributed by atoms with E-state index in [2.05, 4.69) is 4.18 Å². The minimum atomic E-state index is -5.85. The van der Waals surface area contributed by atoms with Crippen molar-refractivity contribution in [3.63, 3.8) is 0 Å². The van der Waals surface area contributed by atoms with Gasteiger partial charge >= 0.3 is 33.8 Å². The van der Waals surface area contributed by atoms with Gasteiger partial charge in [0.15, 0.2) is 11.5 Å². The number of ether oxygens (including phenoxy) is 5. The highest BCUT2D eigenvalue weighted by Crippen LogP contribution is 2.37. The zero-order chi connectivity index (χ0) is 37.8. The Morgan fingerprint density at radius 1 is 0.660 bits per heavy atom. The Morgan fingerprint density at radius 2 is 1.08 bits per heavy atom. The number of benzene rings is 2. The molecule has 4 rings (SSSR count). The number of alkyl halides is 3. The highest BCUT2D eigenvalue weighted by Gasteiger charge is 2.49. The van der Waals surface area contributed by atoms with Gasteiger partial charge in [-0.3, -0.25) is 0 Å². The molecule has 0 bridgehead atoms. The van der Waals surface area contributed by atoms with Crippen LogP contribution in [0, 0.1) is 0 Å². The molecule has 0 saturated carbocycles. The van der Waals surface area contributed by atoms with E-state index >= 15 is 0 Å². The second kappa shape index (κ2) is 15.2. The summed E-state index contributed by atoms with van der Waals surface area (Å²) in [6, 6.07) is 6.11. The van der Waals surface area contributed by atoms with Crippen LogP contribution in [0.25, 0.3) is 0 Å². The van der Waals surface area contributed by atoms with Gasteiger partial charge in [0.25, 0.3) is 0 Å². The molecule has 17 heteroatoms. The summed E-state index contributed by atoms with van der Waals surface area (Å²) in [4.78, 5) is 39.3. The molecule has 0 aromatic heterocycles. The molecule has 2 aromatic carbocycles. The van der Waals surface area contributed by atoms with E-state index in [0.717, 1.165) is 17.2 Å². The summed E-state index contributed by atoms with van der Waals surface area (Å²) < 4.78 is 90.3. The molecule has 50 heavy (non-hydrogen) atoms. The lowest BCUT2D eigenvalue weighted by Crippen LogP contribution is -2.40. The SMILES string of the molecule is COC(=O)c1cc2c(cc1OC)CCN(C(=O)OC(C)(C)C)C2.COc1cc2c(cc1OS(=O)(=O)C(F)(F)F)CN(C(=O)OC(C)(C)C)CC2. The molecule has 2 aromatic rings. The monoisotopic (exact) mass is 732 g/mol. The molecule has 0 spiro atoms. The average Bonchev–Trinajstić information content (AvgIpc) is 3.00. The molecule has 0 N–H and O–H groups in total. The van der Waals surface area contributed by atoms with Gasteiger partial charge in [-0.05, 0) is 101 Å². The average molecular weight is 733 g/mol. The van der Waals surface area contributed by atoms with Crippen LogP contribution in [-0.2, 0) is 50.3 Å². The van der Waals surface area contributed by atoms with Crippen molar-refractivity contribution >= 4 is 28.3 Å². The zero-order valence-electron chi connectivity index (χ0n) is 29.5. The summed E-state index contributed by atoms with van der Waals surface area (Å²) in [5, 5.41) is 0. The third-order valence-corrected chi connectivity index (χ3v) is 8.19. The summed E-state index contributed by atoms with van der Waals surface area (Å²) in [6.45, 7) is 12.0. The minimum Gasteiger partial charge on any atom is -0.496 e. The van der Waals surface area contributed by atoms with Gasteiger partial charge in [-0.2, -0.15) is 21.6 Å². The van der Waals surface area contributed by atoms with Crippen LogP contribution < -0.4 is 13.7 Å². The molecular weight excluding hydrogens is 689 g/mol. The van der Waals surface area contributed by atoms with Gasteiger partial charge in [-0.1, -0.05) is 0 Å². The van der Waals surface area contributed by atoms with E-state index in [4.69, 9.17) is 23.7 Å². The first kappa shape index (κ1) is 40.0. The molecule has 0 unspecified atom stereocenters. The fraction of sp³-hybridized carbons (Fsp3) is 0.545. The van der Waals surface area contributed by atoms with Crippen LogP contribution in [0.15, 0.2) is 24.3 Å². The fourth-order valence-electron chi connectivity index (χ4n) is 4.94. The molecule has 2 amide bonds. The van der Waals surface area contributed by atoms with Gasteiger partial charge < -0.3 is 37.7 Å². The van der Waals surface area contributed by atoms with Crippen molar-refractivity contribution in [1.29, 1.82) is 0 Å². The number of carbonyl (C=O) groups excluding carboxylic acids is 3. The lowest BCUT2D eigenvalue weighted by Gasteiger charge is -2.31. The Hall–Kier alpha value is -4.41. The molecule has 0 radical (unpaired) electrons. The number of methoxy groups -OCH3 is 3. The van der Waals surface area contributed by atoms with Crippen molar-refractivity contribution in [1.82, 2.24) is 9.80 Å². The van der Waals surface area contributed by atoms with Crippen molar-refractivity contribution < 1.29 is 63.8 Å². The topological polar surface area (TPSA) is 147 Å². The predicted octanol–water partition coefficient (Wildman–Crippen LogP) is 5.99. The zero-order valence-corrected chi connectivity index (χ0v) is 30.3. The van der Waals surface area contributed by atoms with Gasteiger partial charge in [0, 0.05) is 26.2 Å². The number of rotatable bonds is 5. The summed E-state index contributed by atoms with van der Waals surface area (Å²) >= 11 is 0. The molecule has 2 aliphatic heterocycles. The van der Waals surface area contributed by atoms with Crippen LogP contribution in [-0.4, -0.2) is 87.5 Å². The number of fused-ring (bicyclic) bond motifs is 2. The first-order valence-corrected chi connectivity index (χ1v) is 16.8. The summed E-state index contributed by atoms with van der Waals surface area (Å²) in [7, 11) is -1.82. The predicted molar refractivity (Wildman–Crippen MR) is 174 cm³/mol. The number of nitrogens with zero attached hydrogens (tertiary/aromatic N) is 2. The van der Waals surface area contributed by atoms with E-state index in [1.165, 1.54) is 32.3 Å². The largest absolute Gasteiger partial charge is 0.534 e. The molecule has 0 fully saturated rings. The van der Waals surface area contributed by atoms with Gasteiger partial charge in [0.1, 0.15) is 22.5 Å². The highest BCUT2D eigenvalue weighted by molar-refractivity contribution is 7.88. The number of halogens is 3. The van der Waals surface area contributed by atoms with Crippen molar-refractivity contribution in [3.8, 4) is 17.2 Å². The molecule has 0 aliphatic carbocycles. The van der Waals surface area contributed by atoms with Crippen LogP contribution in [0.1, 0.15) is 74.2 Å². The van der Waals surface area contributed by atoms with Gasteiger partial charge in [-0.15, -0.1) is 0 Å². The van der Waals surface area contributed by atoms with Crippen LogP contribution >= 0.6 is 0 Å². The second-order valence-corrected chi connectivity index (χ2v) is 14.9. The molecule has 278 valence electrons. The Bertz CT molecular complexity index is 1700. The highest BCUT2D eigenvalue weighted by atomic mass is 32.2. The van der Waals surface area contributed by atoms with Gasteiger partial charge in [0.2, 0.25) is 0 Å². The number of carbonyl (C=O) groups is 3. The summed E-state index contributed by atoms with van der Waals surface area (Å²) in [6.07, 6.45) is 0.164. The van der Waals surface area contributed by atoms with E-state index in [-0.39, 0.29) is 18.4 Å². The Balaban J connectivity index is 0.000000274. The molecule has 13 nitrogen and oxygen atoms in total. The van der Waals surface area contributed by atoms with E-state index in [1.807, 2.05) is 26.8 Å². The number of amides is 2. The smallest absolute Gasteiger partial charge is 0.496 e. The maximum atomic E-state index is 12.6. The van der Waals surface area contributed by atoms with Crippen LogP contribution in [0.5, 0.6) is 17.2 Å². The summed E-state index contributed by atoms with van der Waals surface area (Å²) in [5.74, 6) is -0.715. The normalized spacial score (nSPS) is 14.6. The van der Waals surface area contributed by atoms with Crippen molar-refractivity contribution in [3.05, 3.63) is 52.1 Å². The third-order valence-electron chi connectivity index (χ3n) is 7.22. The Labute approximate surface area is 289 Å². The standard InChI is InChI=1S/C17H23NO5.C16H20F3NO6S/c1-17(2,3)23-16(20)18-7-6-11-9-14(21-4)13(15(19)22-5)8-12(11)10-18;1-15(2,3)25-14(21)20-6-5-10-7-12(24-4)13(8-11(10)9-20)26-27(22,23)16(17,18)19/h8-9H,6-7,10H2,1-5H3;7-8H,5-6,9H2,1-4H3. The molecule has 0 saturated heterocycles. The van der Waals surface area contributed by atoms with Gasteiger partial charge in [0.05, 0.1) is 21.3 Å². The fourth-order valence-corrected chi connectivity index (χ4v) is 5.41. The van der Waals surface area contributed by atoms with Crippen molar-refractivity contribution in [2.24, 2.45) is 0 Å². The van der Waals surface area contributed by atoms with E-state index < -0.39 is 44.6 Å². The first-order chi connectivity index (χ1) is 23.0. The van der Waals surface area contributed by atoms with Crippen molar-refractivity contribution in [2.75, 3.05) is 34.4 Å². The lowest BCUT2D eigenvalue weighted by atomic mass is 9.96.